The van der Waals surface area contributed by atoms with Crippen LogP contribution in [0, 0.1) is 12.7 Å². The minimum atomic E-state index is -0.505. The standard InChI is InChI=1S/C25H20FNO4/c1-15-7-10-17(14-20(15)26)24(29)25-23(19-5-3-4-6-21(19)31-25)27-22(28)13-16-8-11-18(30-2)12-9-16/h3-12,14H,13H2,1-2H3,(H,27,28). The van der Waals surface area contributed by atoms with Crippen LogP contribution in [0.3, 0.4) is 0 Å². The molecule has 4 aromatic rings. The Labute approximate surface area is 178 Å². The van der Waals surface area contributed by atoms with Crippen molar-refractivity contribution in [3.05, 3.63) is 95.0 Å². The number of ketones is 1. The van der Waals surface area contributed by atoms with Gasteiger partial charge in [0.05, 0.1) is 19.2 Å². The molecule has 6 heteroatoms. The first-order chi connectivity index (χ1) is 15.0. The molecule has 0 fully saturated rings. The highest BCUT2D eigenvalue weighted by molar-refractivity contribution is 6.17. The summed E-state index contributed by atoms with van der Waals surface area (Å²) in [5.41, 5.74) is 2.11. The summed E-state index contributed by atoms with van der Waals surface area (Å²) in [6, 6.07) is 18.4. The van der Waals surface area contributed by atoms with Gasteiger partial charge in [0.15, 0.2) is 5.76 Å². The van der Waals surface area contributed by atoms with Crippen LogP contribution in [0.1, 0.15) is 27.2 Å². The topological polar surface area (TPSA) is 68.5 Å². The number of halogens is 1. The molecular weight excluding hydrogens is 397 g/mol. The molecule has 5 nitrogen and oxygen atoms in total. The summed E-state index contributed by atoms with van der Waals surface area (Å²) in [4.78, 5) is 25.8. The van der Waals surface area contributed by atoms with Gasteiger partial charge in [-0.1, -0.05) is 36.4 Å². The first kappa shape index (κ1) is 20.3. The lowest BCUT2D eigenvalue weighted by Gasteiger charge is -2.07. The molecule has 1 amide bonds. The number of para-hydroxylation sites is 1. The molecule has 0 saturated carbocycles. The van der Waals surface area contributed by atoms with Crippen LogP contribution in [0.4, 0.5) is 10.1 Å². The Balaban J connectivity index is 1.66. The number of hydrogen-bond acceptors (Lipinski definition) is 4. The summed E-state index contributed by atoms with van der Waals surface area (Å²) in [6.45, 7) is 1.62. The van der Waals surface area contributed by atoms with Gasteiger partial charge in [0.1, 0.15) is 17.1 Å². The predicted octanol–water partition coefficient (Wildman–Crippen LogP) is 5.30. The number of carbonyl (C=O) groups excluding carboxylic acids is 2. The van der Waals surface area contributed by atoms with Crippen molar-refractivity contribution in [2.45, 2.75) is 13.3 Å². The molecule has 156 valence electrons. The quantitative estimate of drug-likeness (QED) is 0.432. The number of rotatable bonds is 6. The summed E-state index contributed by atoms with van der Waals surface area (Å²) < 4.78 is 24.9. The average molecular weight is 417 g/mol. The fourth-order valence-corrected chi connectivity index (χ4v) is 3.31. The molecule has 4 rings (SSSR count). The third-order valence-corrected chi connectivity index (χ3v) is 5.02. The van der Waals surface area contributed by atoms with Gasteiger partial charge in [0, 0.05) is 10.9 Å². The molecule has 0 spiro atoms. The van der Waals surface area contributed by atoms with Gasteiger partial charge in [-0.05, 0) is 48.4 Å². The van der Waals surface area contributed by atoms with E-state index < -0.39 is 11.6 Å². The molecule has 0 radical (unpaired) electrons. The molecule has 3 aromatic carbocycles. The van der Waals surface area contributed by atoms with Gasteiger partial charge in [-0.15, -0.1) is 0 Å². The minimum Gasteiger partial charge on any atom is -0.497 e. The van der Waals surface area contributed by atoms with Crippen molar-refractivity contribution < 1.29 is 23.1 Å². The molecule has 0 bridgehead atoms. The number of nitrogens with one attached hydrogen (secondary N) is 1. The van der Waals surface area contributed by atoms with Gasteiger partial charge in [-0.3, -0.25) is 9.59 Å². The van der Waals surface area contributed by atoms with Gasteiger partial charge >= 0.3 is 0 Å². The SMILES string of the molecule is COc1ccc(CC(=O)Nc2c(C(=O)c3ccc(C)c(F)c3)oc3ccccc23)cc1. The number of ether oxygens (including phenoxy) is 1. The van der Waals surface area contributed by atoms with Crippen molar-refractivity contribution in [2.24, 2.45) is 0 Å². The van der Waals surface area contributed by atoms with Gasteiger partial charge in [0.25, 0.3) is 0 Å². The Bertz CT molecular complexity index is 1270. The van der Waals surface area contributed by atoms with Crippen LogP contribution >= 0.6 is 0 Å². The highest BCUT2D eigenvalue weighted by atomic mass is 19.1. The smallest absolute Gasteiger partial charge is 0.230 e. The average Bonchev–Trinajstić information content (AvgIpc) is 3.14. The molecule has 1 N–H and O–H groups in total. The maximum absolute atomic E-state index is 14.0. The van der Waals surface area contributed by atoms with Crippen molar-refractivity contribution in [3.63, 3.8) is 0 Å². The van der Waals surface area contributed by atoms with Crippen LogP contribution in [0.5, 0.6) is 5.75 Å². The second-order valence-electron chi connectivity index (χ2n) is 7.17. The third-order valence-electron chi connectivity index (χ3n) is 5.02. The van der Waals surface area contributed by atoms with E-state index in [0.717, 1.165) is 5.56 Å². The number of anilines is 1. The Kier molecular flexibility index (Phi) is 5.54. The highest BCUT2D eigenvalue weighted by Crippen LogP contribution is 2.33. The van der Waals surface area contributed by atoms with E-state index in [0.29, 0.717) is 22.3 Å². The number of hydrogen-bond donors (Lipinski definition) is 1. The lowest BCUT2D eigenvalue weighted by atomic mass is 10.0. The number of aryl methyl sites for hydroxylation is 1. The first-order valence-electron chi connectivity index (χ1n) is 9.71. The van der Waals surface area contributed by atoms with E-state index in [4.69, 9.17) is 9.15 Å². The van der Waals surface area contributed by atoms with Gasteiger partial charge in [-0.2, -0.15) is 0 Å². The summed E-state index contributed by atoms with van der Waals surface area (Å²) in [5, 5.41) is 3.41. The fraction of sp³-hybridized carbons (Fsp3) is 0.120. The number of methoxy groups -OCH3 is 1. The zero-order valence-corrected chi connectivity index (χ0v) is 17.1. The van der Waals surface area contributed by atoms with E-state index in [2.05, 4.69) is 5.32 Å². The molecule has 0 atom stereocenters. The maximum Gasteiger partial charge on any atom is 0.230 e. The summed E-state index contributed by atoms with van der Waals surface area (Å²) in [7, 11) is 1.57. The van der Waals surface area contributed by atoms with Gasteiger partial charge < -0.3 is 14.5 Å². The van der Waals surface area contributed by atoms with Crippen molar-refractivity contribution in [3.8, 4) is 5.75 Å². The van der Waals surface area contributed by atoms with Crippen LogP contribution in [-0.2, 0) is 11.2 Å². The van der Waals surface area contributed by atoms with E-state index in [1.54, 1.807) is 62.6 Å². The largest absolute Gasteiger partial charge is 0.497 e. The molecule has 1 heterocycles. The van der Waals surface area contributed by atoms with Crippen molar-refractivity contribution >= 4 is 28.3 Å². The van der Waals surface area contributed by atoms with Crippen LogP contribution in [0.2, 0.25) is 0 Å². The predicted molar refractivity (Wildman–Crippen MR) is 116 cm³/mol. The molecule has 31 heavy (non-hydrogen) atoms. The molecule has 1 aromatic heterocycles. The van der Waals surface area contributed by atoms with Gasteiger partial charge in [0.2, 0.25) is 11.7 Å². The second-order valence-corrected chi connectivity index (χ2v) is 7.17. The van der Waals surface area contributed by atoms with Crippen LogP contribution < -0.4 is 10.1 Å². The second kappa shape index (κ2) is 8.44. The number of fused-ring (bicyclic) bond motifs is 1. The molecule has 0 aliphatic heterocycles. The Morgan fingerprint density at radius 3 is 2.48 bits per heavy atom. The number of benzene rings is 3. The van der Waals surface area contributed by atoms with Crippen LogP contribution in [-0.4, -0.2) is 18.8 Å². The summed E-state index contributed by atoms with van der Waals surface area (Å²) in [6.07, 6.45) is 0.107. The molecular formula is C25H20FNO4. The van der Waals surface area contributed by atoms with E-state index in [1.807, 2.05) is 0 Å². The van der Waals surface area contributed by atoms with Crippen molar-refractivity contribution in [2.75, 3.05) is 12.4 Å². The maximum atomic E-state index is 14.0. The number of furan rings is 1. The van der Waals surface area contributed by atoms with Crippen LogP contribution in [0.15, 0.2) is 71.1 Å². The van der Waals surface area contributed by atoms with Crippen LogP contribution in [0.25, 0.3) is 11.0 Å². The van der Waals surface area contributed by atoms with E-state index >= 15 is 0 Å². The summed E-state index contributed by atoms with van der Waals surface area (Å²) >= 11 is 0. The lowest BCUT2D eigenvalue weighted by molar-refractivity contribution is -0.115. The summed E-state index contributed by atoms with van der Waals surface area (Å²) in [5.74, 6) is -0.626. The number of amides is 1. The number of carbonyl (C=O) groups is 2. The normalized spacial score (nSPS) is 10.8. The third kappa shape index (κ3) is 4.19. The van der Waals surface area contributed by atoms with Crippen molar-refractivity contribution in [1.29, 1.82) is 0 Å². The molecule has 0 saturated heterocycles. The molecule has 0 aliphatic rings. The van der Waals surface area contributed by atoms with E-state index in [9.17, 15) is 14.0 Å². The fourth-order valence-electron chi connectivity index (χ4n) is 3.31. The Morgan fingerprint density at radius 2 is 1.77 bits per heavy atom. The van der Waals surface area contributed by atoms with Crippen molar-refractivity contribution in [1.82, 2.24) is 0 Å². The lowest BCUT2D eigenvalue weighted by Crippen LogP contribution is -2.16. The van der Waals surface area contributed by atoms with Gasteiger partial charge in [-0.25, -0.2) is 4.39 Å². The zero-order valence-electron chi connectivity index (χ0n) is 17.1. The monoisotopic (exact) mass is 417 g/mol. The zero-order chi connectivity index (χ0) is 22.0. The minimum absolute atomic E-state index is 0.0347. The molecule has 0 unspecified atom stereocenters. The first-order valence-corrected chi connectivity index (χ1v) is 9.71. The Hall–Kier alpha value is -3.93. The highest BCUT2D eigenvalue weighted by Gasteiger charge is 2.24. The van der Waals surface area contributed by atoms with E-state index in [-0.39, 0.29) is 29.3 Å². The molecule has 0 aliphatic carbocycles. The Morgan fingerprint density at radius 1 is 1.03 bits per heavy atom. The van der Waals surface area contributed by atoms with E-state index in [1.165, 1.54) is 18.2 Å².